The summed E-state index contributed by atoms with van der Waals surface area (Å²) < 4.78 is 8.69. The number of hydrogen-bond donors (Lipinski definition) is 0. The van der Waals surface area contributed by atoms with Crippen LogP contribution in [0.15, 0.2) is 28.7 Å². The number of allylic oxidation sites excluding steroid dienone is 1. The van der Waals surface area contributed by atoms with Crippen LogP contribution in [0.2, 0.25) is 0 Å². The molecule has 0 radical (unpaired) electrons. The molecule has 0 unspecified atom stereocenters. The Morgan fingerprint density at radius 2 is 1.85 bits per heavy atom. The summed E-state index contributed by atoms with van der Waals surface area (Å²) in [6, 6.07) is 7.54. The predicted molar refractivity (Wildman–Crippen MR) is 80.1 cm³/mol. The number of benzene rings is 1. The molecule has 1 aromatic heterocycles. The average Bonchev–Trinajstić information content (AvgIpc) is 2.89. The molecule has 2 rings (SSSR count). The van der Waals surface area contributed by atoms with Crippen LogP contribution in [0.1, 0.15) is 24.3 Å². The van der Waals surface area contributed by atoms with E-state index < -0.39 is 3.79 Å². The van der Waals surface area contributed by atoms with Crippen molar-refractivity contribution in [1.82, 2.24) is 10.2 Å². The van der Waals surface area contributed by atoms with Gasteiger partial charge in [0.05, 0.1) is 7.11 Å². The van der Waals surface area contributed by atoms with Crippen LogP contribution < -0.4 is 4.74 Å². The Morgan fingerprint density at radius 3 is 2.35 bits per heavy atom. The zero-order valence-corrected chi connectivity index (χ0v) is 13.0. The number of halogens is 3. The fourth-order valence-corrected chi connectivity index (χ4v) is 1.74. The Balaban J connectivity index is 2.23. The number of methoxy groups -OCH3 is 1. The molecule has 0 fully saturated rings. The number of aromatic nitrogens is 2. The molecule has 4 nitrogen and oxygen atoms in total. The number of ether oxygens (including phenoxy) is 1. The Kier molecular flexibility index (Phi) is 4.58. The predicted octanol–water partition coefficient (Wildman–Crippen LogP) is 4.47. The van der Waals surface area contributed by atoms with E-state index in [1.165, 1.54) is 0 Å². The Labute approximate surface area is 131 Å². The minimum Gasteiger partial charge on any atom is -0.497 e. The number of rotatable bonds is 3. The van der Waals surface area contributed by atoms with Crippen LogP contribution in [0.3, 0.4) is 0 Å². The lowest BCUT2D eigenvalue weighted by Gasteiger charge is -2.02. The van der Waals surface area contributed by atoms with Crippen LogP contribution in [0.5, 0.6) is 5.75 Å². The SMILES string of the molecule is COc1ccc(/C=C(/C)c2nnc(C(Cl)(Cl)Cl)o2)cc1. The van der Waals surface area contributed by atoms with E-state index in [9.17, 15) is 0 Å². The van der Waals surface area contributed by atoms with Gasteiger partial charge in [-0.15, -0.1) is 10.2 Å². The maximum atomic E-state index is 5.67. The summed E-state index contributed by atoms with van der Waals surface area (Å²) >= 11 is 17.0. The lowest BCUT2D eigenvalue weighted by molar-refractivity contribution is 0.415. The van der Waals surface area contributed by atoms with E-state index in [-0.39, 0.29) is 5.89 Å². The molecule has 106 valence electrons. The van der Waals surface area contributed by atoms with Gasteiger partial charge in [0, 0.05) is 5.57 Å². The molecule has 0 aliphatic rings. The first-order valence-corrected chi connectivity index (χ1v) is 6.77. The smallest absolute Gasteiger partial charge is 0.268 e. The van der Waals surface area contributed by atoms with Gasteiger partial charge in [-0.05, 0) is 30.7 Å². The summed E-state index contributed by atoms with van der Waals surface area (Å²) in [7, 11) is 1.62. The van der Waals surface area contributed by atoms with Crippen molar-refractivity contribution in [3.8, 4) is 5.75 Å². The van der Waals surface area contributed by atoms with Gasteiger partial charge >= 0.3 is 0 Å². The van der Waals surface area contributed by atoms with Gasteiger partial charge in [0.2, 0.25) is 5.89 Å². The summed E-state index contributed by atoms with van der Waals surface area (Å²) in [6.45, 7) is 1.83. The molecule has 20 heavy (non-hydrogen) atoms. The molecule has 1 aromatic carbocycles. The van der Waals surface area contributed by atoms with Gasteiger partial charge in [0.15, 0.2) is 0 Å². The molecule has 0 aliphatic heterocycles. The standard InChI is InChI=1S/C13H11Cl3N2O2/c1-8(7-9-3-5-10(19-2)6-4-9)11-17-18-12(20-11)13(14,15)16/h3-7H,1-2H3/b8-7-. The maximum absolute atomic E-state index is 5.67. The van der Waals surface area contributed by atoms with Gasteiger partial charge in [0.1, 0.15) is 5.75 Å². The van der Waals surface area contributed by atoms with Crippen LogP contribution in [0, 0.1) is 0 Å². The van der Waals surface area contributed by atoms with Crippen molar-refractivity contribution in [2.45, 2.75) is 10.7 Å². The van der Waals surface area contributed by atoms with E-state index >= 15 is 0 Å². The van der Waals surface area contributed by atoms with Gasteiger partial charge in [-0.2, -0.15) is 0 Å². The Hall–Kier alpha value is -1.23. The van der Waals surface area contributed by atoms with E-state index in [0.29, 0.717) is 5.89 Å². The second-order valence-corrected chi connectivity index (χ2v) is 6.29. The van der Waals surface area contributed by atoms with Gasteiger partial charge in [-0.25, -0.2) is 0 Å². The monoisotopic (exact) mass is 332 g/mol. The molecule has 0 atom stereocenters. The first-order valence-electron chi connectivity index (χ1n) is 5.63. The molecule has 0 aliphatic carbocycles. The number of hydrogen-bond acceptors (Lipinski definition) is 4. The van der Waals surface area contributed by atoms with E-state index in [1.807, 2.05) is 37.3 Å². The van der Waals surface area contributed by atoms with Crippen LogP contribution in [0.4, 0.5) is 0 Å². The number of nitrogens with zero attached hydrogens (tertiary/aromatic N) is 2. The van der Waals surface area contributed by atoms with E-state index in [0.717, 1.165) is 16.9 Å². The highest BCUT2D eigenvalue weighted by Crippen LogP contribution is 2.37. The third-order valence-corrected chi connectivity index (χ3v) is 2.99. The normalized spacial score (nSPS) is 12.6. The summed E-state index contributed by atoms with van der Waals surface area (Å²) in [5.41, 5.74) is 1.74. The topological polar surface area (TPSA) is 48.2 Å². The Bertz CT molecular complexity index is 615. The van der Waals surface area contributed by atoms with Gasteiger partial charge in [0.25, 0.3) is 9.68 Å². The van der Waals surface area contributed by atoms with Crippen molar-refractivity contribution in [2.24, 2.45) is 0 Å². The molecular weight excluding hydrogens is 323 g/mol. The molecule has 0 spiro atoms. The quantitative estimate of drug-likeness (QED) is 0.778. The van der Waals surface area contributed by atoms with E-state index in [4.69, 9.17) is 44.0 Å². The molecule has 1 heterocycles. The van der Waals surface area contributed by atoms with E-state index in [2.05, 4.69) is 10.2 Å². The van der Waals surface area contributed by atoms with Crippen LogP contribution >= 0.6 is 34.8 Å². The highest BCUT2D eigenvalue weighted by molar-refractivity contribution is 6.66. The van der Waals surface area contributed by atoms with Crippen molar-refractivity contribution >= 4 is 46.5 Å². The van der Waals surface area contributed by atoms with Crippen molar-refractivity contribution in [1.29, 1.82) is 0 Å². The molecule has 2 aromatic rings. The average molecular weight is 334 g/mol. The molecule has 7 heteroatoms. The second-order valence-electron chi connectivity index (χ2n) is 4.01. The highest BCUT2D eigenvalue weighted by Gasteiger charge is 2.30. The number of alkyl halides is 3. The third-order valence-electron chi connectivity index (χ3n) is 2.50. The fraction of sp³-hybridized carbons (Fsp3) is 0.231. The zero-order valence-electron chi connectivity index (χ0n) is 10.7. The Morgan fingerprint density at radius 1 is 1.20 bits per heavy atom. The molecule has 0 bridgehead atoms. The van der Waals surface area contributed by atoms with Gasteiger partial charge in [-0.1, -0.05) is 46.9 Å². The van der Waals surface area contributed by atoms with Crippen molar-refractivity contribution < 1.29 is 9.15 Å². The summed E-state index contributed by atoms with van der Waals surface area (Å²) in [5, 5.41) is 7.55. The molecule has 0 amide bonds. The summed E-state index contributed by atoms with van der Waals surface area (Å²) in [5.74, 6) is 1.04. The minimum atomic E-state index is -1.72. The first kappa shape index (κ1) is 15.2. The molecular formula is C13H11Cl3N2O2. The van der Waals surface area contributed by atoms with Crippen LogP contribution in [-0.2, 0) is 3.79 Å². The fourth-order valence-electron chi connectivity index (χ4n) is 1.51. The molecule has 0 saturated carbocycles. The molecule has 0 saturated heterocycles. The van der Waals surface area contributed by atoms with Crippen molar-refractivity contribution in [3.05, 3.63) is 41.6 Å². The maximum Gasteiger partial charge on any atom is 0.268 e. The summed E-state index contributed by atoms with van der Waals surface area (Å²) in [4.78, 5) is 0. The highest BCUT2D eigenvalue weighted by atomic mass is 35.6. The lowest BCUT2D eigenvalue weighted by atomic mass is 10.1. The van der Waals surface area contributed by atoms with Crippen LogP contribution in [0.25, 0.3) is 11.6 Å². The minimum absolute atomic E-state index is 0.0556. The molecule has 0 N–H and O–H groups in total. The lowest BCUT2D eigenvalue weighted by Crippen LogP contribution is -1.99. The van der Waals surface area contributed by atoms with Crippen LogP contribution in [-0.4, -0.2) is 17.3 Å². The zero-order chi connectivity index (χ0) is 14.8. The first-order chi connectivity index (χ1) is 9.40. The van der Waals surface area contributed by atoms with Gasteiger partial charge < -0.3 is 9.15 Å². The van der Waals surface area contributed by atoms with Crippen molar-refractivity contribution in [3.63, 3.8) is 0 Å². The summed E-state index contributed by atoms with van der Waals surface area (Å²) in [6.07, 6.45) is 1.88. The second kappa shape index (κ2) is 6.04. The largest absolute Gasteiger partial charge is 0.497 e. The van der Waals surface area contributed by atoms with E-state index in [1.54, 1.807) is 7.11 Å². The van der Waals surface area contributed by atoms with Crippen molar-refractivity contribution in [2.75, 3.05) is 7.11 Å². The van der Waals surface area contributed by atoms with Gasteiger partial charge in [-0.3, -0.25) is 0 Å². The third kappa shape index (κ3) is 3.66.